The van der Waals surface area contributed by atoms with Gasteiger partial charge in [0.15, 0.2) is 0 Å². The number of nitrogens with zero attached hydrogens (tertiary/aromatic N) is 5. The molecule has 8 heteroatoms. The second-order valence-electron chi connectivity index (χ2n) is 8.75. The number of rotatable bonds is 4. The molecule has 0 saturated carbocycles. The maximum Gasteiger partial charge on any atom is 0.265 e. The first-order chi connectivity index (χ1) is 14.9. The molecule has 7 nitrogen and oxygen atoms in total. The number of carbonyl (C=O) groups excluding carboxylic acids is 2. The Labute approximate surface area is 188 Å². The zero-order valence-electron chi connectivity index (χ0n) is 18.6. The van der Waals surface area contributed by atoms with Gasteiger partial charge in [-0.05, 0) is 64.9 Å². The number of carbonyl (C=O) groups is 2. The number of aromatic nitrogens is 2. The van der Waals surface area contributed by atoms with Crippen molar-refractivity contribution in [2.45, 2.75) is 38.6 Å². The van der Waals surface area contributed by atoms with Gasteiger partial charge in [-0.2, -0.15) is 0 Å². The van der Waals surface area contributed by atoms with Crippen molar-refractivity contribution in [2.24, 2.45) is 5.92 Å². The van der Waals surface area contributed by atoms with Crippen LogP contribution in [0.5, 0.6) is 0 Å². The summed E-state index contributed by atoms with van der Waals surface area (Å²) in [6, 6.07) is 4.13. The Bertz CT molecular complexity index is 923. The van der Waals surface area contributed by atoms with Crippen LogP contribution in [0.15, 0.2) is 24.5 Å². The maximum absolute atomic E-state index is 13.3. The van der Waals surface area contributed by atoms with E-state index in [1.807, 2.05) is 35.9 Å². The first-order valence-corrected chi connectivity index (χ1v) is 11.9. The van der Waals surface area contributed by atoms with Gasteiger partial charge in [-0.15, -0.1) is 11.3 Å². The molecule has 2 saturated heterocycles. The lowest BCUT2D eigenvalue weighted by atomic mass is 9.94. The molecule has 0 aromatic carbocycles. The van der Waals surface area contributed by atoms with Gasteiger partial charge < -0.3 is 14.7 Å². The predicted molar refractivity (Wildman–Crippen MR) is 122 cm³/mol. The van der Waals surface area contributed by atoms with Gasteiger partial charge in [-0.25, -0.2) is 4.98 Å². The monoisotopic (exact) mass is 441 g/mol. The number of hydrogen-bond donors (Lipinski definition) is 0. The molecule has 2 aliphatic heterocycles. The van der Waals surface area contributed by atoms with E-state index in [-0.39, 0.29) is 17.7 Å². The van der Waals surface area contributed by atoms with Gasteiger partial charge in [0, 0.05) is 44.1 Å². The van der Waals surface area contributed by atoms with Crippen LogP contribution in [-0.4, -0.2) is 82.8 Å². The van der Waals surface area contributed by atoms with Crippen LogP contribution in [0.2, 0.25) is 0 Å². The number of pyridine rings is 1. The molecule has 1 atom stereocenters. The van der Waals surface area contributed by atoms with Crippen LogP contribution in [-0.2, 0) is 4.79 Å². The zero-order valence-corrected chi connectivity index (χ0v) is 19.4. The van der Waals surface area contributed by atoms with Crippen molar-refractivity contribution in [1.29, 1.82) is 0 Å². The van der Waals surface area contributed by atoms with E-state index in [9.17, 15) is 9.59 Å². The van der Waals surface area contributed by atoms with E-state index < -0.39 is 0 Å². The van der Waals surface area contributed by atoms with Crippen molar-refractivity contribution in [2.75, 3.05) is 40.3 Å². The minimum atomic E-state index is -0.117. The van der Waals surface area contributed by atoms with Crippen molar-refractivity contribution in [3.8, 4) is 10.6 Å². The Morgan fingerprint density at radius 2 is 1.97 bits per heavy atom. The Hall–Kier alpha value is -2.32. The molecule has 4 rings (SSSR count). The van der Waals surface area contributed by atoms with Gasteiger partial charge in [0.05, 0.1) is 11.6 Å². The number of amides is 2. The average molecular weight is 442 g/mol. The summed E-state index contributed by atoms with van der Waals surface area (Å²) in [7, 11) is 4.07. The van der Waals surface area contributed by atoms with Crippen molar-refractivity contribution in [1.82, 2.24) is 24.7 Å². The highest BCUT2D eigenvalue weighted by molar-refractivity contribution is 7.17. The fraction of sp³-hybridized carbons (Fsp3) is 0.565. The van der Waals surface area contributed by atoms with E-state index >= 15 is 0 Å². The molecule has 166 valence electrons. The van der Waals surface area contributed by atoms with Crippen molar-refractivity contribution in [3.05, 3.63) is 35.1 Å². The van der Waals surface area contributed by atoms with Crippen molar-refractivity contribution < 1.29 is 9.59 Å². The van der Waals surface area contributed by atoms with E-state index in [1.54, 1.807) is 12.4 Å². The minimum absolute atomic E-state index is 0.00964. The third-order valence-electron chi connectivity index (χ3n) is 6.54. The Morgan fingerprint density at radius 3 is 2.68 bits per heavy atom. The summed E-state index contributed by atoms with van der Waals surface area (Å²) in [6.07, 6.45) is 7.24. The highest BCUT2D eigenvalue weighted by atomic mass is 32.1. The normalized spacial score (nSPS) is 20.6. The number of piperidine rings is 2. The Balaban J connectivity index is 1.43. The molecule has 0 spiro atoms. The molecular weight excluding hydrogens is 410 g/mol. The third kappa shape index (κ3) is 4.80. The van der Waals surface area contributed by atoms with Crippen LogP contribution in [0.1, 0.15) is 41.0 Å². The molecule has 2 fully saturated rings. The van der Waals surface area contributed by atoms with Crippen LogP contribution in [0.3, 0.4) is 0 Å². The summed E-state index contributed by atoms with van der Waals surface area (Å²) < 4.78 is 0. The first-order valence-electron chi connectivity index (χ1n) is 11.1. The van der Waals surface area contributed by atoms with Gasteiger partial charge in [-0.1, -0.05) is 0 Å². The highest BCUT2D eigenvalue weighted by Gasteiger charge is 2.34. The van der Waals surface area contributed by atoms with Gasteiger partial charge in [0.25, 0.3) is 5.91 Å². The maximum atomic E-state index is 13.3. The summed E-state index contributed by atoms with van der Waals surface area (Å²) in [4.78, 5) is 42.0. The van der Waals surface area contributed by atoms with Crippen LogP contribution < -0.4 is 0 Å². The quantitative estimate of drug-likeness (QED) is 0.730. The SMILES string of the molecule is Cc1nc(-c2cccnc2)sc1C(=O)N1CCCC(C(=O)N(C)C2CCN(C)CC2)C1. The van der Waals surface area contributed by atoms with Crippen LogP contribution in [0.4, 0.5) is 0 Å². The topological polar surface area (TPSA) is 69.6 Å². The molecule has 2 amide bonds. The molecule has 2 aliphatic rings. The van der Waals surface area contributed by atoms with Crippen molar-refractivity contribution >= 4 is 23.2 Å². The molecule has 4 heterocycles. The van der Waals surface area contributed by atoms with Crippen molar-refractivity contribution in [3.63, 3.8) is 0 Å². The van der Waals surface area contributed by atoms with Crippen LogP contribution in [0, 0.1) is 12.8 Å². The molecule has 0 N–H and O–H groups in total. The second kappa shape index (κ2) is 9.44. The predicted octanol–water partition coefficient (Wildman–Crippen LogP) is 2.92. The molecule has 31 heavy (non-hydrogen) atoms. The van der Waals surface area contributed by atoms with Gasteiger partial charge in [-0.3, -0.25) is 14.6 Å². The molecule has 2 aromatic rings. The number of thiazole rings is 1. The van der Waals surface area contributed by atoms with Gasteiger partial charge in [0.2, 0.25) is 5.91 Å². The summed E-state index contributed by atoms with van der Waals surface area (Å²) in [5.41, 5.74) is 1.66. The van der Waals surface area contributed by atoms with Gasteiger partial charge in [0.1, 0.15) is 9.88 Å². The lowest BCUT2D eigenvalue weighted by molar-refractivity contribution is -0.138. The number of aryl methyl sites for hydroxylation is 1. The minimum Gasteiger partial charge on any atom is -0.342 e. The molecule has 1 unspecified atom stereocenters. The summed E-state index contributed by atoms with van der Waals surface area (Å²) in [5, 5.41) is 0.806. The van der Waals surface area contributed by atoms with E-state index in [0.717, 1.165) is 55.0 Å². The smallest absolute Gasteiger partial charge is 0.265 e. The fourth-order valence-electron chi connectivity index (χ4n) is 4.56. The molecule has 0 radical (unpaired) electrons. The Morgan fingerprint density at radius 1 is 1.19 bits per heavy atom. The molecule has 0 bridgehead atoms. The summed E-state index contributed by atoms with van der Waals surface area (Å²) in [5.74, 6) is 0.0575. The number of hydrogen-bond acceptors (Lipinski definition) is 6. The second-order valence-corrected chi connectivity index (χ2v) is 9.75. The lowest BCUT2D eigenvalue weighted by Crippen LogP contribution is -2.50. The van der Waals surface area contributed by atoms with E-state index in [4.69, 9.17) is 0 Å². The van der Waals surface area contributed by atoms with E-state index in [1.165, 1.54) is 11.3 Å². The third-order valence-corrected chi connectivity index (χ3v) is 7.74. The summed E-state index contributed by atoms with van der Waals surface area (Å²) >= 11 is 1.41. The zero-order chi connectivity index (χ0) is 22.0. The molecule has 0 aliphatic carbocycles. The fourth-order valence-corrected chi connectivity index (χ4v) is 5.59. The van der Waals surface area contributed by atoms with E-state index in [2.05, 4.69) is 21.9 Å². The first kappa shape index (κ1) is 21.9. The van der Waals surface area contributed by atoms with Gasteiger partial charge >= 0.3 is 0 Å². The Kier molecular flexibility index (Phi) is 6.67. The van der Waals surface area contributed by atoms with E-state index in [0.29, 0.717) is 24.0 Å². The molecular formula is C23H31N5O2S. The lowest BCUT2D eigenvalue weighted by Gasteiger charge is -2.39. The van der Waals surface area contributed by atoms with Crippen LogP contribution in [0.25, 0.3) is 10.6 Å². The largest absolute Gasteiger partial charge is 0.342 e. The van der Waals surface area contributed by atoms with Crippen LogP contribution >= 0.6 is 11.3 Å². The average Bonchev–Trinajstić information content (AvgIpc) is 3.20. The molecule has 2 aromatic heterocycles. The number of likely N-dealkylation sites (tertiary alicyclic amines) is 2. The summed E-state index contributed by atoms with van der Waals surface area (Å²) in [6.45, 7) is 5.13. The highest BCUT2D eigenvalue weighted by Crippen LogP contribution is 2.30. The standard InChI is InChI=1S/C23H31N5O2S/c1-16-20(31-21(25-16)17-6-4-10-24-14-17)23(30)28-11-5-7-18(15-28)22(29)27(3)19-8-12-26(2)13-9-19/h4,6,10,14,18-19H,5,7-9,11-13,15H2,1-3H3.